The van der Waals surface area contributed by atoms with Gasteiger partial charge >= 0.3 is 0 Å². The molecular weight excluding hydrogens is 172 g/mol. The van der Waals surface area contributed by atoms with Crippen molar-refractivity contribution in [2.75, 3.05) is 20.1 Å². The molecule has 2 saturated heterocycles. The Balaban J connectivity index is 2.10. The third-order valence-electron chi connectivity index (χ3n) is 4.72. The van der Waals surface area contributed by atoms with E-state index < -0.39 is 0 Å². The van der Waals surface area contributed by atoms with Crippen LogP contribution in [0.25, 0.3) is 0 Å². The molecule has 0 aromatic carbocycles. The molecule has 0 N–H and O–H groups in total. The fourth-order valence-electron chi connectivity index (χ4n) is 3.39. The van der Waals surface area contributed by atoms with Crippen LogP contribution in [0.3, 0.4) is 0 Å². The molecule has 82 valence electrons. The molecule has 0 amide bonds. The summed E-state index contributed by atoms with van der Waals surface area (Å²) < 4.78 is 1.31. The quantitative estimate of drug-likeness (QED) is 0.609. The van der Waals surface area contributed by atoms with E-state index in [0.29, 0.717) is 0 Å². The monoisotopic (exact) mass is 197 g/mol. The van der Waals surface area contributed by atoms with Crippen molar-refractivity contribution in [2.24, 2.45) is 0 Å². The molecule has 0 aliphatic carbocycles. The fourth-order valence-corrected chi connectivity index (χ4v) is 3.39. The Morgan fingerprint density at radius 1 is 1.21 bits per heavy atom. The summed E-state index contributed by atoms with van der Waals surface area (Å²) in [5, 5.41) is 0. The summed E-state index contributed by atoms with van der Waals surface area (Å²) in [6.45, 7) is 12.1. The summed E-state index contributed by atoms with van der Waals surface area (Å²) in [6.07, 6.45) is 1.44. The first-order valence-electron chi connectivity index (χ1n) is 6.05. The van der Waals surface area contributed by atoms with E-state index in [1.165, 1.54) is 24.0 Å². The highest BCUT2D eigenvalue weighted by Gasteiger charge is 2.54. The highest BCUT2D eigenvalue weighted by Crippen LogP contribution is 2.38. The number of hydrogen-bond acceptors (Lipinski definition) is 1. The smallest absolute Gasteiger partial charge is 0.104 e. The van der Waals surface area contributed by atoms with Gasteiger partial charge in [-0.25, -0.2) is 0 Å². The van der Waals surface area contributed by atoms with Crippen LogP contribution in [0.15, 0.2) is 0 Å². The van der Waals surface area contributed by atoms with Gasteiger partial charge < -0.3 is 4.48 Å². The summed E-state index contributed by atoms with van der Waals surface area (Å²) in [7, 11) is 2.45. The number of hydrogen-bond donors (Lipinski definition) is 0. The lowest BCUT2D eigenvalue weighted by molar-refractivity contribution is -0.944. The molecule has 14 heavy (non-hydrogen) atoms. The van der Waals surface area contributed by atoms with Crippen LogP contribution in [0.5, 0.6) is 0 Å². The Bertz CT molecular complexity index is 224. The van der Waals surface area contributed by atoms with Crippen LogP contribution in [-0.4, -0.2) is 53.7 Å². The molecule has 3 atom stereocenters. The standard InChI is InChI=1S/C12H25N2/c1-9(2)13-7-12-6-11(13)8-14(12,5)10(3)4/h9-12H,6-8H2,1-5H3/q+1. The van der Waals surface area contributed by atoms with E-state index in [9.17, 15) is 0 Å². The topological polar surface area (TPSA) is 3.24 Å². The maximum atomic E-state index is 2.70. The molecule has 0 radical (unpaired) electrons. The average Bonchev–Trinajstić information content (AvgIpc) is 2.60. The van der Waals surface area contributed by atoms with E-state index in [0.717, 1.165) is 24.2 Å². The van der Waals surface area contributed by atoms with Crippen molar-refractivity contribution in [3.8, 4) is 0 Å². The number of quaternary nitrogens is 1. The first kappa shape index (κ1) is 10.4. The second-order valence-corrected chi connectivity index (χ2v) is 5.96. The van der Waals surface area contributed by atoms with E-state index in [-0.39, 0.29) is 0 Å². The largest absolute Gasteiger partial charge is 0.319 e. The first-order valence-corrected chi connectivity index (χ1v) is 6.05. The third-order valence-corrected chi connectivity index (χ3v) is 4.72. The molecule has 2 heteroatoms. The molecular formula is C12H25N2+. The van der Waals surface area contributed by atoms with Crippen molar-refractivity contribution >= 4 is 0 Å². The molecule has 2 bridgehead atoms. The Kier molecular flexibility index (Phi) is 2.39. The lowest BCUT2D eigenvalue weighted by atomic mass is 10.1. The SMILES string of the molecule is CC(C)N1CC2CC1C[N+]2(C)C(C)C. The summed E-state index contributed by atoms with van der Waals surface area (Å²) in [6, 6.07) is 3.31. The van der Waals surface area contributed by atoms with Gasteiger partial charge in [0.2, 0.25) is 0 Å². The fraction of sp³-hybridized carbons (Fsp3) is 1.00. The van der Waals surface area contributed by atoms with Crippen LogP contribution in [0.1, 0.15) is 34.1 Å². The lowest BCUT2D eigenvalue weighted by Crippen LogP contribution is -2.61. The zero-order valence-corrected chi connectivity index (χ0v) is 10.3. The minimum Gasteiger partial charge on any atom is -0.319 e. The minimum absolute atomic E-state index is 0.742. The summed E-state index contributed by atoms with van der Waals surface area (Å²) >= 11 is 0. The lowest BCUT2D eigenvalue weighted by Gasteiger charge is -2.45. The van der Waals surface area contributed by atoms with Crippen molar-refractivity contribution in [1.82, 2.24) is 4.90 Å². The number of nitrogens with zero attached hydrogens (tertiary/aromatic N) is 2. The molecule has 2 aliphatic heterocycles. The summed E-state index contributed by atoms with van der Waals surface area (Å²) in [4.78, 5) is 2.70. The molecule has 2 heterocycles. The number of likely N-dealkylation sites (N-methyl/N-ethyl adjacent to an activating group) is 1. The normalized spacial score (nSPS) is 43.1. The minimum atomic E-state index is 0.742. The van der Waals surface area contributed by atoms with Crippen LogP contribution in [-0.2, 0) is 0 Å². The Morgan fingerprint density at radius 3 is 2.21 bits per heavy atom. The molecule has 2 rings (SSSR count). The molecule has 0 saturated carbocycles. The Hall–Kier alpha value is -0.0800. The van der Waals surface area contributed by atoms with Crippen LogP contribution in [0, 0.1) is 0 Å². The molecule has 2 fully saturated rings. The van der Waals surface area contributed by atoms with Crippen molar-refractivity contribution < 1.29 is 4.48 Å². The van der Waals surface area contributed by atoms with Gasteiger partial charge in [-0.1, -0.05) is 0 Å². The van der Waals surface area contributed by atoms with Crippen molar-refractivity contribution in [1.29, 1.82) is 0 Å². The van der Waals surface area contributed by atoms with Gasteiger partial charge in [0.25, 0.3) is 0 Å². The molecule has 3 unspecified atom stereocenters. The molecule has 2 nitrogen and oxygen atoms in total. The zero-order valence-electron chi connectivity index (χ0n) is 10.3. The second-order valence-electron chi connectivity index (χ2n) is 5.96. The van der Waals surface area contributed by atoms with Crippen molar-refractivity contribution in [3.05, 3.63) is 0 Å². The third kappa shape index (κ3) is 1.31. The molecule has 0 aromatic heterocycles. The van der Waals surface area contributed by atoms with Crippen molar-refractivity contribution in [3.63, 3.8) is 0 Å². The van der Waals surface area contributed by atoms with E-state index in [2.05, 4.69) is 39.6 Å². The van der Waals surface area contributed by atoms with Gasteiger partial charge in [-0.05, 0) is 27.7 Å². The van der Waals surface area contributed by atoms with Gasteiger partial charge in [-0.2, -0.15) is 0 Å². The predicted molar refractivity (Wildman–Crippen MR) is 60.2 cm³/mol. The maximum Gasteiger partial charge on any atom is 0.104 e. The number of likely N-dealkylation sites (tertiary alicyclic amines) is 2. The first-order chi connectivity index (χ1) is 6.45. The molecule has 0 aromatic rings. The van der Waals surface area contributed by atoms with Crippen molar-refractivity contribution in [2.45, 2.75) is 58.3 Å². The summed E-state index contributed by atoms with van der Waals surface area (Å²) in [5.74, 6) is 0. The van der Waals surface area contributed by atoms with Gasteiger partial charge in [-0.15, -0.1) is 0 Å². The summed E-state index contributed by atoms with van der Waals surface area (Å²) in [5.41, 5.74) is 0. The maximum absolute atomic E-state index is 2.70. The van der Waals surface area contributed by atoms with Crippen LogP contribution >= 0.6 is 0 Å². The Morgan fingerprint density at radius 2 is 1.86 bits per heavy atom. The van der Waals surface area contributed by atoms with Gasteiger partial charge in [0.15, 0.2) is 0 Å². The van der Waals surface area contributed by atoms with E-state index in [4.69, 9.17) is 0 Å². The molecule has 2 aliphatic rings. The van der Waals surface area contributed by atoms with Gasteiger partial charge in [0, 0.05) is 12.5 Å². The van der Waals surface area contributed by atoms with Gasteiger partial charge in [0.05, 0.1) is 32.2 Å². The number of fused-ring (bicyclic) bond motifs is 2. The number of piperazine rings is 1. The molecule has 0 spiro atoms. The second kappa shape index (κ2) is 3.21. The Labute approximate surface area is 88.5 Å². The van der Waals surface area contributed by atoms with E-state index >= 15 is 0 Å². The average molecular weight is 197 g/mol. The van der Waals surface area contributed by atoms with Gasteiger partial charge in [-0.3, -0.25) is 4.90 Å². The van der Waals surface area contributed by atoms with Crippen LogP contribution in [0.2, 0.25) is 0 Å². The van der Waals surface area contributed by atoms with E-state index in [1.54, 1.807) is 0 Å². The highest BCUT2D eigenvalue weighted by atomic mass is 15.5. The van der Waals surface area contributed by atoms with Gasteiger partial charge in [0.1, 0.15) is 6.04 Å². The number of rotatable bonds is 2. The highest BCUT2D eigenvalue weighted by molar-refractivity contribution is 4.94. The van der Waals surface area contributed by atoms with E-state index in [1.807, 2.05) is 0 Å². The van der Waals surface area contributed by atoms with Crippen LogP contribution < -0.4 is 0 Å². The predicted octanol–water partition coefficient (Wildman–Crippen LogP) is 1.71. The van der Waals surface area contributed by atoms with Crippen LogP contribution in [0.4, 0.5) is 0 Å². The zero-order chi connectivity index (χ0) is 10.5.